The lowest BCUT2D eigenvalue weighted by Gasteiger charge is -1.83. The van der Waals surface area contributed by atoms with Gasteiger partial charge >= 0.3 is 0 Å². The summed E-state index contributed by atoms with van der Waals surface area (Å²) in [5.74, 6) is 0.867. The summed E-state index contributed by atoms with van der Waals surface area (Å²) in [7, 11) is 0. The topological polar surface area (TPSA) is 23.8 Å². The molecule has 0 saturated carbocycles. The molecule has 0 aliphatic rings. The second kappa shape index (κ2) is 5.02. The third kappa shape index (κ3) is 2.72. The number of hydrogen-bond acceptors (Lipinski definition) is 3. The van der Waals surface area contributed by atoms with Crippen LogP contribution in [0, 0.1) is 11.3 Å². The number of nitrogens with zero attached hydrogens (tertiary/aromatic N) is 1. The molecule has 0 N–H and O–H groups in total. The summed E-state index contributed by atoms with van der Waals surface area (Å²) in [6.07, 6.45) is 5.06. The highest BCUT2D eigenvalue weighted by Crippen LogP contribution is 2.14. The van der Waals surface area contributed by atoms with E-state index in [1.54, 1.807) is 0 Å². The molecular formula is C9H9NS2. The van der Waals surface area contributed by atoms with Crippen molar-refractivity contribution in [2.24, 2.45) is 0 Å². The number of nitriles is 1. The summed E-state index contributed by atoms with van der Waals surface area (Å²) in [6.45, 7) is 0. The molecule has 0 unspecified atom stereocenters. The highest BCUT2D eigenvalue weighted by atomic mass is 32.1. The summed E-state index contributed by atoms with van der Waals surface area (Å²) < 4.78 is 0. The van der Waals surface area contributed by atoms with Crippen LogP contribution in [0.25, 0.3) is 6.08 Å². The van der Waals surface area contributed by atoms with Crippen molar-refractivity contribution in [2.45, 2.75) is 6.42 Å². The van der Waals surface area contributed by atoms with Gasteiger partial charge in [0.2, 0.25) is 0 Å². The first kappa shape index (κ1) is 9.37. The van der Waals surface area contributed by atoms with Crippen molar-refractivity contribution in [1.82, 2.24) is 0 Å². The van der Waals surface area contributed by atoms with Crippen LogP contribution in [0.1, 0.15) is 16.9 Å². The van der Waals surface area contributed by atoms with Crippen LogP contribution in [0.4, 0.5) is 0 Å². The van der Waals surface area contributed by atoms with Crippen LogP contribution >= 0.6 is 24.0 Å². The molecule has 12 heavy (non-hydrogen) atoms. The zero-order valence-corrected chi connectivity index (χ0v) is 8.24. The third-order valence-corrected chi connectivity index (χ3v) is 2.45. The fourth-order valence-corrected chi connectivity index (χ4v) is 1.61. The molecule has 62 valence electrons. The molecule has 0 bridgehead atoms. The summed E-state index contributed by atoms with van der Waals surface area (Å²) in [6, 6.07) is 4.00. The van der Waals surface area contributed by atoms with Gasteiger partial charge in [-0.05, 0) is 29.2 Å². The number of rotatable bonds is 3. The van der Waals surface area contributed by atoms with E-state index in [0.29, 0.717) is 0 Å². The van der Waals surface area contributed by atoms with E-state index in [4.69, 9.17) is 5.26 Å². The fourth-order valence-electron chi connectivity index (χ4n) is 0.791. The Kier molecular flexibility index (Phi) is 3.92. The Labute approximate surface area is 81.8 Å². The maximum atomic E-state index is 8.55. The molecule has 0 fully saturated rings. The van der Waals surface area contributed by atoms with Crippen molar-refractivity contribution in [3.8, 4) is 6.07 Å². The van der Waals surface area contributed by atoms with Gasteiger partial charge in [0, 0.05) is 0 Å². The summed E-state index contributed by atoms with van der Waals surface area (Å²) in [5, 5.41) is 10.5. The first-order valence-electron chi connectivity index (χ1n) is 3.63. The van der Waals surface area contributed by atoms with E-state index >= 15 is 0 Å². The molecule has 0 saturated heterocycles. The Bertz CT molecular complexity index is 307. The maximum Gasteiger partial charge on any atom is 0.110 e. The lowest BCUT2D eigenvalue weighted by Crippen LogP contribution is -1.66. The second-order valence-electron chi connectivity index (χ2n) is 2.27. The first-order valence-corrected chi connectivity index (χ1v) is 5.14. The molecule has 0 amide bonds. The minimum Gasteiger partial charge on any atom is -0.192 e. The quantitative estimate of drug-likeness (QED) is 0.737. The average molecular weight is 195 g/mol. The van der Waals surface area contributed by atoms with E-state index in [-0.39, 0.29) is 0 Å². The third-order valence-electron chi connectivity index (χ3n) is 1.34. The van der Waals surface area contributed by atoms with E-state index in [1.165, 1.54) is 11.3 Å². The average Bonchev–Trinajstić information content (AvgIpc) is 2.53. The van der Waals surface area contributed by atoms with Crippen LogP contribution in [0.5, 0.6) is 0 Å². The minimum absolute atomic E-state index is 0.764. The fraction of sp³-hybridized carbons (Fsp3) is 0.222. The summed E-state index contributed by atoms with van der Waals surface area (Å²) in [4.78, 5) is 0.764. The van der Waals surface area contributed by atoms with Crippen molar-refractivity contribution in [1.29, 1.82) is 5.26 Å². The van der Waals surface area contributed by atoms with Gasteiger partial charge in [-0.15, -0.1) is 11.3 Å². The van der Waals surface area contributed by atoms with Gasteiger partial charge in [-0.2, -0.15) is 17.9 Å². The summed E-state index contributed by atoms with van der Waals surface area (Å²) >= 11 is 5.57. The normalized spacial score (nSPS) is 10.3. The van der Waals surface area contributed by atoms with Crippen molar-refractivity contribution in [3.63, 3.8) is 0 Å². The molecule has 1 heterocycles. The number of thiol groups is 1. The zero-order chi connectivity index (χ0) is 8.81. The Morgan fingerprint density at radius 1 is 1.67 bits per heavy atom. The lowest BCUT2D eigenvalue weighted by molar-refractivity contribution is 1.26. The molecule has 0 aliphatic heterocycles. The molecule has 3 heteroatoms. The van der Waals surface area contributed by atoms with Gasteiger partial charge in [-0.25, -0.2) is 0 Å². The smallest absolute Gasteiger partial charge is 0.110 e. The van der Waals surface area contributed by atoms with E-state index < -0.39 is 0 Å². The number of hydrogen-bond donors (Lipinski definition) is 1. The Balaban J connectivity index is 2.59. The van der Waals surface area contributed by atoms with Crippen LogP contribution in [-0.4, -0.2) is 5.75 Å². The molecule has 0 spiro atoms. The van der Waals surface area contributed by atoms with Crippen molar-refractivity contribution in [2.75, 3.05) is 5.75 Å². The van der Waals surface area contributed by atoms with Gasteiger partial charge in [0.1, 0.15) is 10.9 Å². The standard InChI is InChI=1S/C9H9NS2/c10-6-9-5-8(7-12-9)3-1-2-4-11/h1,3,5,7,11H,2,4H2. The predicted molar refractivity (Wildman–Crippen MR) is 56.5 cm³/mol. The van der Waals surface area contributed by atoms with Crippen molar-refractivity contribution < 1.29 is 0 Å². The molecule has 0 radical (unpaired) electrons. The Morgan fingerprint density at radius 3 is 3.08 bits per heavy atom. The van der Waals surface area contributed by atoms with Gasteiger partial charge in [0.15, 0.2) is 0 Å². The van der Waals surface area contributed by atoms with Gasteiger partial charge in [-0.1, -0.05) is 12.2 Å². The highest BCUT2D eigenvalue weighted by Gasteiger charge is 1.93. The number of allylic oxidation sites excluding steroid dienone is 1. The number of thiophene rings is 1. The molecule has 1 rings (SSSR count). The van der Waals surface area contributed by atoms with Gasteiger partial charge in [0.25, 0.3) is 0 Å². The van der Waals surface area contributed by atoms with E-state index in [0.717, 1.165) is 22.6 Å². The van der Waals surface area contributed by atoms with Crippen LogP contribution in [0.3, 0.4) is 0 Å². The second-order valence-corrected chi connectivity index (χ2v) is 3.63. The van der Waals surface area contributed by atoms with Gasteiger partial charge in [0.05, 0.1) is 0 Å². The largest absolute Gasteiger partial charge is 0.192 e. The molecule has 0 atom stereocenters. The van der Waals surface area contributed by atoms with Crippen LogP contribution in [0.2, 0.25) is 0 Å². The van der Waals surface area contributed by atoms with Gasteiger partial charge in [-0.3, -0.25) is 0 Å². The van der Waals surface area contributed by atoms with E-state index in [2.05, 4.69) is 24.8 Å². The predicted octanol–water partition coefficient (Wildman–Crippen LogP) is 2.95. The lowest BCUT2D eigenvalue weighted by atomic mass is 10.3. The maximum absolute atomic E-state index is 8.55. The Morgan fingerprint density at radius 2 is 2.50 bits per heavy atom. The van der Waals surface area contributed by atoms with Crippen LogP contribution in [-0.2, 0) is 0 Å². The van der Waals surface area contributed by atoms with Crippen molar-refractivity contribution in [3.05, 3.63) is 28.0 Å². The van der Waals surface area contributed by atoms with E-state index in [1.807, 2.05) is 17.5 Å². The molecule has 1 aromatic rings. The van der Waals surface area contributed by atoms with Crippen LogP contribution < -0.4 is 0 Å². The molecular weight excluding hydrogens is 186 g/mol. The Hall–Kier alpha value is -0.720. The monoisotopic (exact) mass is 195 g/mol. The first-order chi connectivity index (χ1) is 5.86. The van der Waals surface area contributed by atoms with Gasteiger partial charge < -0.3 is 0 Å². The molecule has 1 nitrogen and oxygen atoms in total. The zero-order valence-electron chi connectivity index (χ0n) is 6.53. The molecule has 0 aromatic carbocycles. The molecule has 1 aromatic heterocycles. The van der Waals surface area contributed by atoms with Crippen molar-refractivity contribution >= 4 is 30.0 Å². The SMILES string of the molecule is N#Cc1cc(C=CCCS)cs1. The highest BCUT2D eigenvalue weighted by molar-refractivity contribution is 7.80. The van der Waals surface area contributed by atoms with Crippen LogP contribution in [0.15, 0.2) is 17.5 Å². The minimum atomic E-state index is 0.764. The van der Waals surface area contributed by atoms with E-state index in [9.17, 15) is 0 Å². The molecule has 0 aliphatic carbocycles. The summed E-state index contributed by atoms with van der Waals surface area (Å²) in [5.41, 5.74) is 1.11.